The van der Waals surface area contributed by atoms with Crippen molar-refractivity contribution in [2.24, 2.45) is 0 Å². The lowest BCUT2D eigenvalue weighted by molar-refractivity contribution is -0.189. The van der Waals surface area contributed by atoms with Crippen molar-refractivity contribution in [2.45, 2.75) is 39.2 Å². The lowest BCUT2D eigenvalue weighted by Crippen LogP contribution is -2.32. The summed E-state index contributed by atoms with van der Waals surface area (Å²) in [6.45, 7) is 2.67. The molecule has 0 N–H and O–H groups in total. The Bertz CT molecular complexity index is 1260. The number of ether oxygens (including phenoxy) is 1. The number of alkyl halides is 3. The third-order valence-corrected chi connectivity index (χ3v) is 5.34. The second-order valence-electron chi connectivity index (χ2n) is 7.60. The maximum atomic E-state index is 13.8. The standard InChI is InChI=1S/C22H17F4N5O2/c1-12-17(23)7-28-8-19(12)31-10-15-9-30(11-18(15)29-31)21(32)16-5-14(6-27)3-4-20(16)33-13(2)22(24,25)26/h3-5,7-8,10,13H,9,11H2,1-2H3/t13-/m0/s1. The zero-order chi connectivity index (χ0) is 23.9. The predicted molar refractivity (Wildman–Crippen MR) is 107 cm³/mol. The molecule has 0 unspecified atom stereocenters. The molecule has 0 saturated carbocycles. The number of carbonyl (C=O) groups is 1. The average molecular weight is 459 g/mol. The minimum Gasteiger partial charge on any atom is -0.480 e. The van der Waals surface area contributed by atoms with Crippen LogP contribution in [-0.4, -0.2) is 37.9 Å². The molecule has 7 nitrogen and oxygen atoms in total. The summed E-state index contributed by atoms with van der Waals surface area (Å²) in [5.41, 5.74) is 2.06. The first-order valence-corrected chi connectivity index (χ1v) is 9.83. The van der Waals surface area contributed by atoms with Crippen molar-refractivity contribution in [1.82, 2.24) is 19.7 Å². The minimum atomic E-state index is -4.62. The smallest absolute Gasteiger partial charge is 0.425 e. The van der Waals surface area contributed by atoms with Gasteiger partial charge in [0, 0.05) is 23.9 Å². The molecule has 0 aliphatic carbocycles. The summed E-state index contributed by atoms with van der Waals surface area (Å²) >= 11 is 0. The van der Waals surface area contributed by atoms with Crippen LogP contribution in [-0.2, 0) is 13.1 Å². The van der Waals surface area contributed by atoms with Gasteiger partial charge >= 0.3 is 6.18 Å². The number of fused-ring (bicyclic) bond motifs is 1. The average Bonchev–Trinajstić information content (AvgIpc) is 3.34. The number of aromatic nitrogens is 3. The first kappa shape index (κ1) is 22.3. The van der Waals surface area contributed by atoms with Gasteiger partial charge < -0.3 is 9.64 Å². The SMILES string of the molecule is Cc1c(F)cncc1-n1cc2c(n1)CN(C(=O)c1cc(C#N)ccc1O[C@@H](C)C(F)(F)F)C2. The molecule has 1 atom stereocenters. The van der Waals surface area contributed by atoms with E-state index in [4.69, 9.17) is 10.00 Å². The van der Waals surface area contributed by atoms with E-state index in [1.165, 1.54) is 34.0 Å². The van der Waals surface area contributed by atoms with Crippen LogP contribution in [0.1, 0.15) is 39.7 Å². The molecule has 2 aromatic heterocycles. The van der Waals surface area contributed by atoms with Gasteiger partial charge in [-0.05, 0) is 32.0 Å². The lowest BCUT2D eigenvalue weighted by Gasteiger charge is -2.22. The Labute approximate surface area is 185 Å². The molecule has 4 rings (SSSR count). The summed E-state index contributed by atoms with van der Waals surface area (Å²) in [6, 6.07) is 5.55. The highest BCUT2D eigenvalue weighted by Gasteiger charge is 2.39. The van der Waals surface area contributed by atoms with Gasteiger partial charge in [0.25, 0.3) is 5.91 Å². The van der Waals surface area contributed by atoms with Crippen molar-refractivity contribution in [3.63, 3.8) is 0 Å². The second-order valence-corrected chi connectivity index (χ2v) is 7.60. The molecule has 0 fully saturated rings. The van der Waals surface area contributed by atoms with Gasteiger partial charge in [-0.25, -0.2) is 9.07 Å². The van der Waals surface area contributed by atoms with Crippen LogP contribution in [0.5, 0.6) is 5.75 Å². The molecule has 170 valence electrons. The van der Waals surface area contributed by atoms with Crippen molar-refractivity contribution in [1.29, 1.82) is 5.26 Å². The number of carbonyl (C=O) groups excluding carboxylic acids is 1. The third kappa shape index (κ3) is 4.24. The number of amides is 1. The summed E-state index contributed by atoms with van der Waals surface area (Å²) in [5, 5.41) is 13.6. The van der Waals surface area contributed by atoms with Crippen LogP contribution in [0.25, 0.3) is 5.69 Å². The first-order valence-electron chi connectivity index (χ1n) is 9.83. The van der Waals surface area contributed by atoms with Gasteiger partial charge in [-0.15, -0.1) is 0 Å². The minimum absolute atomic E-state index is 0.0913. The maximum absolute atomic E-state index is 13.8. The van der Waals surface area contributed by atoms with E-state index in [0.717, 1.165) is 13.1 Å². The zero-order valence-electron chi connectivity index (χ0n) is 17.5. The van der Waals surface area contributed by atoms with Crippen molar-refractivity contribution in [3.8, 4) is 17.5 Å². The number of hydrogen-bond donors (Lipinski definition) is 0. The van der Waals surface area contributed by atoms with E-state index in [9.17, 15) is 22.4 Å². The highest BCUT2D eigenvalue weighted by molar-refractivity contribution is 5.97. The molecule has 1 aromatic carbocycles. The van der Waals surface area contributed by atoms with E-state index < -0.39 is 24.0 Å². The quantitative estimate of drug-likeness (QED) is 0.549. The topological polar surface area (TPSA) is 84.0 Å². The predicted octanol–water partition coefficient (Wildman–Crippen LogP) is 4.07. The summed E-state index contributed by atoms with van der Waals surface area (Å²) in [7, 11) is 0. The maximum Gasteiger partial charge on any atom is 0.425 e. The van der Waals surface area contributed by atoms with E-state index in [2.05, 4.69) is 10.1 Å². The summed E-state index contributed by atoms with van der Waals surface area (Å²) in [6.07, 6.45) is -2.53. The van der Waals surface area contributed by atoms with E-state index in [1.54, 1.807) is 13.1 Å². The Balaban J connectivity index is 1.59. The van der Waals surface area contributed by atoms with Crippen LogP contribution >= 0.6 is 0 Å². The number of halogens is 4. The molecule has 3 aromatic rings. The van der Waals surface area contributed by atoms with Crippen molar-refractivity contribution in [2.75, 3.05) is 0 Å². The molecule has 1 aliphatic heterocycles. The Morgan fingerprint density at radius 3 is 2.70 bits per heavy atom. The van der Waals surface area contributed by atoms with Crippen LogP contribution in [0.3, 0.4) is 0 Å². The number of nitriles is 1. The number of nitrogens with zero attached hydrogens (tertiary/aromatic N) is 5. The van der Waals surface area contributed by atoms with Crippen LogP contribution in [0.2, 0.25) is 0 Å². The molecule has 0 bridgehead atoms. The summed E-state index contributed by atoms with van der Waals surface area (Å²) < 4.78 is 59.2. The molecule has 1 amide bonds. The highest BCUT2D eigenvalue weighted by Crippen LogP contribution is 2.31. The van der Waals surface area contributed by atoms with Crippen molar-refractivity contribution >= 4 is 5.91 Å². The van der Waals surface area contributed by atoms with Gasteiger partial charge in [-0.2, -0.15) is 23.5 Å². The Morgan fingerprint density at radius 1 is 1.27 bits per heavy atom. The molecule has 33 heavy (non-hydrogen) atoms. The fourth-order valence-corrected chi connectivity index (χ4v) is 3.44. The van der Waals surface area contributed by atoms with E-state index in [0.29, 0.717) is 22.5 Å². The van der Waals surface area contributed by atoms with E-state index in [1.807, 2.05) is 6.07 Å². The van der Waals surface area contributed by atoms with Gasteiger partial charge in [0.2, 0.25) is 0 Å². The molecule has 3 heterocycles. The number of pyridine rings is 1. The van der Waals surface area contributed by atoms with Crippen LogP contribution in [0.4, 0.5) is 17.6 Å². The van der Waals surface area contributed by atoms with Gasteiger partial charge in [0.05, 0.1) is 47.5 Å². The Morgan fingerprint density at radius 2 is 2.03 bits per heavy atom. The number of benzene rings is 1. The highest BCUT2D eigenvalue weighted by atomic mass is 19.4. The Hall–Kier alpha value is -3.94. The zero-order valence-corrected chi connectivity index (χ0v) is 17.5. The number of rotatable bonds is 4. The normalized spacial score (nSPS) is 14.0. The molecule has 11 heteroatoms. The van der Waals surface area contributed by atoms with Crippen molar-refractivity contribution in [3.05, 3.63) is 70.6 Å². The second kappa shape index (κ2) is 8.20. The first-order chi connectivity index (χ1) is 15.6. The molecule has 0 spiro atoms. The molecule has 1 aliphatic rings. The Kier molecular flexibility index (Phi) is 5.53. The fourth-order valence-electron chi connectivity index (χ4n) is 3.44. The van der Waals surface area contributed by atoms with Gasteiger partial charge in [0.15, 0.2) is 6.10 Å². The lowest BCUT2D eigenvalue weighted by atomic mass is 10.1. The molecular weight excluding hydrogens is 442 g/mol. The van der Waals surface area contributed by atoms with Gasteiger partial charge in [0.1, 0.15) is 11.6 Å². The molecule has 0 radical (unpaired) electrons. The molecular formula is C22H17F4N5O2. The third-order valence-electron chi connectivity index (χ3n) is 5.34. The molecule has 0 saturated heterocycles. The van der Waals surface area contributed by atoms with Crippen LogP contribution in [0.15, 0.2) is 36.8 Å². The van der Waals surface area contributed by atoms with Gasteiger partial charge in [-0.1, -0.05) is 0 Å². The van der Waals surface area contributed by atoms with Gasteiger partial charge in [-0.3, -0.25) is 9.78 Å². The van der Waals surface area contributed by atoms with Crippen LogP contribution < -0.4 is 4.74 Å². The largest absolute Gasteiger partial charge is 0.480 e. The van der Waals surface area contributed by atoms with Crippen LogP contribution in [0, 0.1) is 24.1 Å². The van der Waals surface area contributed by atoms with Crippen molar-refractivity contribution < 1.29 is 27.1 Å². The summed E-state index contributed by atoms with van der Waals surface area (Å²) in [5.74, 6) is -1.33. The van der Waals surface area contributed by atoms with E-state index in [-0.39, 0.29) is 30.0 Å². The van der Waals surface area contributed by atoms with E-state index >= 15 is 0 Å². The fraction of sp³-hybridized carbons (Fsp3) is 0.273. The number of hydrogen-bond acceptors (Lipinski definition) is 5. The summed E-state index contributed by atoms with van der Waals surface area (Å²) in [4.78, 5) is 18.4. The monoisotopic (exact) mass is 459 g/mol.